The highest BCUT2D eigenvalue weighted by Gasteiger charge is 2.31. The van der Waals surface area contributed by atoms with Crippen LogP contribution in [-0.2, 0) is 21.9 Å². The van der Waals surface area contributed by atoms with E-state index in [1.807, 2.05) is 4.90 Å². The number of hydrogen-bond donors (Lipinski definition) is 2. The Bertz CT molecular complexity index is 703. The zero-order chi connectivity index (χ0) is 18.0. The van der Waals surface area contributed by atoms with Crippen molar-refractivity contribution in [3.05, 3.63) is 12.0 Å². The summed E-state index contributed by atoms with van der Waals surface area (Å²) in [7, 11) is -1.92. The molecular weight excluding hydrogens is 378 g/mol. The van der Waals surface area contributed by atoms with Crippen molar-refractivity contribution < 1.29 is 13.2 Å². The van der Waals surface area contributed by atoms with Gasteiger partial charge in [0, 0.05) is 39.3 Å². The lowest BCUT2D eigenvalue weighted by Crippen LogP contribution is -2.35. The van der Waals surface area contributed by atoms with Crippen LogP contribution in [0.4, 0.5) is 0 Å². The van der Waals surface area contributed by atoms with Gasteiger partial charge in [0.05, 0.1) is 0 Å². The van der Waals surface area contributed by atoms with Crippen molar-refractivity contribution in [2.75, 3.05) is 32.7 Å². The molecular formula is C16H28ClN5O3S. The SMILES string of the molecule is Cc1nc(S(=O)(=O)NCCC(=O)N2CC[C@@H]3CNC[C@@H]3CC2)cn1C.Cl. The zero-order valence-corrected chi connectivity index (χ0v) is 16.9. The van der Waals surface area contributed by atoms with Gasteiger partial charge in [-0.15, -0.1) is 12.4 Å². The molecule has 2 atom stereocenters. The molecule has 10 heteroatoms. The first kappa shape index (κ1) is 21.1. The molecule has 1 aromatic heterocycles. The van der Waals surface area contributed by atoms with E-state index >= 15 is 0 Å². The molecule has 0 unspecified atom stereocenters. The standard InChI is InChI=1S/C16H27N5O3S.ClH/c1-12-19-15(11-20(12)2)25(23,24)18-6-3-16(22)21-7-4-13-9-17-10-14(13)5-8-21;/h11,13-14,17-18H,3-10H2,1-2H3;1H/t13-,14+;. The fourth-order valence-corrected chi connectivity index (χ4v) is 4.72. The molecule has 2 saturated heterocycles. The summed E-state index contributed by atoms with van der Waals surface area (Å²) in [4.78, 5) is 18.3. The van der Waals surface area contributed by atoms with E-state index < -0.39 is 10.0 Å². The van der Waals surface area contributed by atoms with Crippen LogP contribution >= 0.6 is 12.4 Å². The number of fused-ring (bicyclic) bond motifs is 1. The van der Waals surface area contributed by atoms with E-state index in [9.17, 15) is 13.2 Å². The van der Waals surface area contributed by atoms with Crippen LogP contribution in [-0.4, -0.2) is 61.5 Å². The number of carbonyl (C=O) groups is 1. The van der Waals surface area contributed by atoms with Gasteiger partial charge in [-0.3, -0.25) is 4.79 Å². The number of nitrogens with one attached hydrogen (secondary N) is 2. The number of amides is 1. The van der Waals surface area contributed by atoms with E-state index in [1.54, 1.807) is 18.5 Å². The summed E-state index contributed by atoms with van der Waals surface area (Å²) in [6.07, 6.45) is 3.71. The molecule has 2 aliphatic heterocycles. The van der Waals surface area contributed by atoms with Gasteiger partial charge in [-0.2, -0.15) is 0 Å². The van der Waals surface area contributed by atoms with Gasteiger partial charge in [0.15, 0.2) is 5.03 Å². The fraction of sp³-hybridized carbons (Fsp3) is 0.750. The minimum Gasteiger partial charge on any atom is -0.343 e. The molecule has 0 radical (unpaired) electrons. The highest BCUT2D eigenvalue weighted by molar-refractivity contribution is 7.89. The number of carbonyl (C=O) groups excluding carboxylic acids is 1. The van der Waals surface area contributed by atoms with Crippen molar-refractivity contribution in [1.29, 1.82) is 0 Å². The molecule has 148 valence electrons. The first-order valence-corrected chi connectivity index (χ1v) is 10.3. The molecule has 3 heterocycles. The summed E-state index contributed by atoms with van der Waals surface area (Å²) in [6, 6.07) is 0. The van der Waals surface area contributed by atoms with E-state index in [0.717, 1.165) is 39.0 Å². The lowest BCUT2D eigenvalue weighted by Gasteiger charge is -2.21. The maximum Gasteiger partial charge on any atom is 0.259 e. The molecule has 0 aromatic carbocycles. The van der Waals surface area contributed by atoms with Crippen molar-refractivity contribution in [2.45, 2.75) is 31.2 Å². The van der Waals surface area contributed by atoms with Crippen LogP contribution in [0, 0.1) is 18.8 Å². The summed E-state index contributed by atoms with van der Waals surface area (Å²) in [5.41, 5.74) is 0. The maximum absolute atomic E-state index is 12.4. The van der Waals surface area contributed by atoms with Crippen molar-refractivity contribution >= 4 is 28.3 Å². The lowest BCUT2D eigenvalue weighted by atomic mass is 9.92. The Hall–Kier alpha value is -1.16. The molecule has 0 spiro atoms. The molecule has 1 aromatic rings. The quantitative estimate of drug-likeness (QED) is 0.733. The van der Waals surface area contributed by atoms with E-state index in [0.29, 0.717) is 17.7 Å². The molecule has 3 rings (SSSR count). The number of imidazole rings is 1. The summed E-state index contributed by atoms with van der Waals surface area (Å²) < 4.78 is 28.6. The Balaban J connectivity index is 0.00000243. The zero-order valence-electron chi connectivity index (χ0n) is 15.3. The third-order valence-corrected chi connectivity index (χ3v) is 6.70. The first-order valence-electron chi connectivity index (χ1n) is 8.85. The number of aromatic nitrogens is 2. The third-order valence-electron chi connectivity index (χ3n) is 5.36. The van der Waals surface area contributed by atoms with E-state index in [-0.39, 0.29) is 36.3 Å². The van der Waals surface area contributed by atoms with Gasteiger partial charge < -0.3 is 14.8 Å². The Morgan fingerprint density at radius 1 is 1.31 bits per heavy atom. The predicted octanol–water partition coefficient (Wildman–Crippen LogP) is 0.277. The predicted molar refractivity (Wildman–Crippen MR) is 101 cm³/mol. The van der Waals surface area contributed by atoms with Gasteiger partial charge >= 0.3 is 0 Å². The average Bonchev–Trinajstić information content (AvgIpc) is 3.09. The van der Waals surface area contributed by atoms with Crippen LogP contribution in [0.25, 0.3) is 0 Å². The number of nitrogens with zero attached hydrogens (tertiary/aromatic N) is 3. The van der Waals surface area contributed by atoms with Crippen LogP contribution in [0.3, 0.4) is 0 Å². The van der Waals surface area contributed by atoms with E-state index in [2.05, 4.69) is 15.0 Å². The van der Waals surface area contributed by atoms with Gasteiger partial charge in [0.2, 0.25) is 5.91 Å². The third kappa shape index (κ3) is 4.76. The van der Waals surface area contributed by atoms with Crippen LogP contribution in [0.1, 0.15) is 25.1 Å². The molecule has 0 saturated carbocycles. The monoisotopic (exact) mass is 405 g/mol. The van der Waals surface area contributed by atoms with Gasteiger partial charge in [0.25, 0.3) is 10.0 Å². The Labute approximate surface area is 161 Å². The van der Waals surface area contributed by atoms with Gasteiger partial charge in [-0.1, -0.05) is 0 Å². The van der Waals surface area contributed by atoms with Crippen molar-refractivity contribution in [3.63, 3.8) is 0 Å². The molecule has 2 aliphatic rings. The van der Waals surface area contributed by atoms with Gasteiger partial charge in [-0.25, -0.2) is 18.1 Å². The second kappa shape index (κ2) is 8.69. The van der Waals surface area contributed by atoms with Crippen LogP contribution in [0.2, 0.25) is 0 Å². The van der Waals surface area contributed by atoms with Crippen LogP contribution < -0.4 is 10.0 Å². The molecule has 2 fully saturated rings. The average molecular weight is 406 g/mol. The molecule has 26 heavy (non-hydrogen) atoms. The highest BCUT2D eigenvalue weighted by atomic mass is 35.5. The van der Waals surface area contributed by atoms with Gasteiger partial charge in [0.1, 0.15) is 5.82 Å². The fourth-order valence-electron chi connectivity index (χ4n) is 3.65. The molecule has 0 bridgehead atoms. The van der Waals surface area contributed by atoms with Crippen LogP contribution in [0.15, 0.2) is 11.2 Å². The second-order valence-corrected chi connectivity index (χ2v) is 8.74. The molecule has 1 amide bonds. The molecule has 2 N–H and O–H groups in total. The topological polar surface area (TPSA) is 96.3 Å². The van der Waals surface area contributed by atoms with Crippen LogP contribution in [0.5, 0.6) is 0 Å². The lowest BCUT2D eigenvalue weighted by molar-refractivity contribution is -0.131. The number of hydrogen-bond acceptors (Lipinski definition) is 5. The van der Waals surface area contributed by atoms with E-state index in [4.69, 9.17) is 0 Å². The minimum absolute atomic E-state index is 0. The minimum atomic E-state index is -3.67. The summed E-state index contributed by atoms with van der Waals surface area (Å²) in [6.45, 7) is 5.49. The Kier molecular flexibility index (Phi) is 7.06. The Morgan fingerprint density at radius 3 is 2.46 bits per heavy atom. The summed E-state index contributed by atoms with van der Waals surface area (Å²) in [5, 5.41) is 3.42. The largest absolute Gasteiger partial charge is 0.343 e. The number of rotatable bonds is 5. The second-order valence-electron chi connectivity index (χ2n) is 7.02. The maximum atomic E-state index is 12.4. The normalized spacial score (nSPS) is 23.2. The highest BCUT2D eigenvalue weighted by Crippen LogP contribution is 2.27. The number of halogens is 1. The number of aryl methyl sites for hydroxylation is 2. The summed E-state index contributed by atoms with van der Waals surface area (Å²) in [5.74, 6) is 1.99. The van der Waals surface area contributed by atoms with Crippen molar-refractivity contribution in [3.8, 4) is 0 Å². The van der Waals surface area contributed by atoms with Gasteiger partial charge in [-0.05, 0) is 44.7 Å². The Morgan fingerprint density at radius 2 is 1.92 bits per heavy atom. The van der Waals surface area contributed by atoms with Crippen molar-refractivity contribution in [2.24, 2.45) is 18.9 Å². The molecule has 8 nitrogen and oxygen atoms in total. The summed E-state index contributed by atoms with van der Waals surface area (Å²) >= 11 is 0. The smallest absolute Gasteiger partial charge is 0.259 e. The molecule has 0 aliphatic carbocycles. The number of sulfonamides is 1. The number of likely N-dealkylation sites (tertiary alicyclic amines) is 1. The first-order chi connectivity index (χ1) is 11.9. The van der Waals surface area contributed by atoms with E-state index in [1.165, 1.54) is 6.20 Å². The van der Waals surface area contributed by atoms with Crippen molar-refractivity contribution in [1.82, 2.24) is 24.5 Å².